The normalized spacial score (nSPS) is 25.1. The minimum atomic E-state index is -3.78. The van der Waals surface area contributed by atoms with Crippen molar-refractivity contribution in [2.45, 2.75) is 39.0 Å². The van der Waals surface area contributed by atoms with Gasteiger partial charge in [0.2, 0.25) is 0 Å². The zero-order valence-electron chi connectivity index (χ0n) is 12.7. The van der Waals surface area contributed by atoms with Gasteiger partial charge in [-0.1, -0.05) is 6.07 Å². The molecule has 0 aromatic heterocycles. The molecule has 1 aliphatic heterocycles. The lowest BCUT2D eigenvalue weighted by Gasteiger charge is -2.35. The monoisotopic (exact) mass is 334 g/mol. The lowest BCUT2D eigenvalue weighted by molar-refractivity contribution is -0.0444. The molecule has 1 N–H and O–H groups in total. The molecule has 0 saturated carbocycles. The molecular weight excluding hydrogens is 314 g/mol. The predicted molar refractivity (Wildman–Crippen MR) is 78.4 cm³/mol. The van der Waals surface area contributed by atoms with Crippen LogP contribution in [0.1, 0.15) is 32.4 Å². The molecule has 1 aromatic carbocycles. The molecule has 0 radical (unpaired) electrons. The molecular formula is C14H20F2N2O3S. The summed E-state index contributed by atoms with van der Waals surface area (Å²) in [5.74, 6) is -1.48. The molecule has 0 amide bonds. The van der Waals surface area contributed by atoms with Crippen molar-refractivity contribution in [2.24, 2.45) is 0 Å². The van der Waals surface area contributed by atoms with Crippen molar-refractivity contribution >= 4 is 10.2 Å². The van der Waals surface area contributed by atoms with Gasteiger partial charge in [-0.25, -0.2) is 8.78 Å². The highest BCUT2D eigenvalue weighted by molar-refractivity contribution is 7.87. The summed E-state index contributed by atoms with van der Waals surface area (Å²) in [5.41, 5.74) is 0.0966. The zero-order chi connectivity index (χ0) is 16.5. The van der Waals surface area contributed by atoms with Crippen LogP contribution in [0, 0.1) is 11.6 Å². The van der Waals surface area contributed by atoms with E-state index in [9.17, 15) is 17.2 Å². The topological polar surface area (TPSA) is 58.6 Å². The first-order valence-corrected chi connectivity index (χ1v) is 8.51. The molecule has 2 rings (SSSR count). The van der Waals surface area contributed by atoms with Crippen LogP contribution in [0.2, 0.25) is 0 Å². The van der Waals surface area contributed by atoms with Crippen molar-refractivity contribution < 1.29 is 21.9 Å². The van der Waals surface area contributed by atoms with Crippen LogP contribution in [0.5, 0.6) is 0 Å². The van der Waals surface area contributed by atoms with Crippen LogP contribution >= 0.6 is 0 Å². The molecule has 3 atom stereocenters. The number of benzene rings is 1. The second-order valence-corrected chi connectivity index (χ2v) is 7.29. The molecule has 1 fully saturated rings. The zero-order valence-corrected chi connectivity index (χ0v) is 13.5. The molecule has 0 bridgehead atoms. The Morgan fingerprint density at radius 3 is 2.41 bits per heavy atom. The van der Waals surface area contributed by atoms with Crippen LogP contribution in [0.4, 0.5) is 8.78 Å². The lowest BCUT2D eigenvalue weighted by Crippen LogP contribution is -2.52. The second kappa shape index (κ2) is 6.57. The minimum absolute atomic E-state index is 0.0966. The Bertz CT molecular complexity index is 629. The number of halogens is 2. The Hall–Kier alpha value is -1.09. The summed E-state index contributed by atoms with van der Waals surface area (Å²) < 4.78 is 60.7. The number of rotatable bonds is 4. The van der Waals surface area contributed by atoms with E-state index in [1.54, 1.807) is 13.8 Å². The van der Waals surface area contributed by atoms with E-state index in [4.69, 9.17) is 4.74 Å². The number of hydrogen-bond acceptors (Lipinski definition) is 3. The lowest BCUT2D eigenvalue weighted by atomic mass is 10.1. The Kier molecular flexibility index (Phi) is 5.16. The average molecular weight is 334 g/mol. The van der Waals surface area contributed by atoms with E-state index in [1.165, 1.54) is 17.3 Å². The van der Waals surface area contributed by atoms with E-state index in [0.29, 0.717) is 0 Å². The first-order chi connectivity index (χ1) is 10.2. The number of nitrogens with one attached hydrogen (secondary N) is 1. The molecule has 0 aliphatic carbocycles. The summed E-state index contributed by atoms with van der Waals surface area (Å²) in [6.07, 6.45) is -0.420. The van der Waals surface area contributed by atoms with Gasteiger partial charge in [0.25, 0.3) is 10.2 Å². The Labute approximate surface area is 129 Å². The van der Waals surface area contributed by atoms with Gasteiger partial charge < -0.3 is 4.74 Å². The molecule has 124 valence electrons. The van der Waals surface area contributed by atoms with Crippen molar-refractivity contribution in [2.75, 3.05) is 13.1 Å². The highest BCUT2D eigenvalue weighted by atomic mass is 32.2. The fourth-order valence-corrected chi connectivity index (χ4v) is 4.08. The van der Waals surface area contributed by atoms with Crippen LogP contribution in [0.25, 0.3) is 0 Å². The van der Waals surface area contributed by atoms with Gasteiger partial charge in [-0.2, -0.15) is 17.4 Å². The van der Waals surface area contributed by atoms with Crippen molar-refractivity contribution in [3.63, 3.8) is 0 Å². The maximum Gasteiger partial charge on any atom is 0.280 e. The summed E-state index contributed by atoms with van der Waals surface area (Å²) in [6, 6.07) is 2.27. The number of ether oxygens (including phenoxy) is 1. The van der Waals surface area contributed by atoms with Gasteiger partial charge >= 0.3 is 0 Å². The van der Waals surface area contributed by atoms with E-state index in [1.807, 2.05) is 0 Å². The SMILES string of the molecule is CC1CN(S(=O)(=O)NC(C)c2ccc(F)cc2F)CC(C)O1. The standard InChI is InChI=1S/C14H20F2N2O3S/c1-9-7-18(8-10(2)21-9)22(19,20)17-11(3)13-5-4-12(15)6-14(13)16/h4-6,9-11,17H,7-8H2,1-3H3. The quantitative estimate of drug-likeness (QED) is 0.916. The van der Waals surface area contributed by atoms with Crippen molar-refractivity contribution in [3.8, 4) is 0 Å². The highest BCUT2D eigenvalue weighted by Crippen LogP contribution is 2.20. The van der Waals surface area contributed by atoms with E-state index >= 15 is 0 Å². The number of morpholine rings is 1. The fourth-order valence-electron chi connectivity index (χ4n) is 2.54. The predicted octanol–water partition coefficient (Wildman–Crippen LogP) is 1.97. The van der Waals surface area contributed by atoms with Crippen molar-refractivity contribution in [3.05, 3.63) is 35.4 Å². The summed E-state index contributed by atoms with van der Waals surface area (Å²) in [5, 5.41) is 0. The molecule has 0 spiro atoms. The molecule has 3 unspecified atom stereocenters. The summed E-state index contributed by atoms with van der Waals surface area (Å²) in [6.45, 7) is 5.57. The van der Waals surface area contributed by atoms with E-state index < -0.39 is 27.9 Å². The van der Waals surface area contributed by atoms with Gasteiger partial charge in [-0.15, -0.1) is 0 Å². The van der Waals surface area contributed by atoms with Crippen LogP contribution in [0.15, 0.2) is 18.2 Å². The summed E-state index contributed by atoms with van der Waals surface area (Å²) in [7, 11) is -3.78. The molecule has 1 aliphatic rings. The van der Waals surface area contributed by atoms with Gasteiger partial charge in [-0.05, 0) is 26.8 Å². The van der Waals surface area contributed by atoms with Crippen LogP contribution < -0.4 is 4.72 Å². The van der Waals surface area contributed by atoms with Crippen molar-refractivity contribution in [1.29, 1.82) is 0 Å². The minimum Gasteiger partial charge on any atom is -0.373 e. The van der Waals surface area contributed by atoms with Crippen LogP contribution in [0.3, 0.4) is 0 Å². The summed E-state index contributed by atoms with van der Waals surface area (Å²) >= 11 is 0. The third-order valence-corrected chi connectivity index (χ3v) is 5.11. The van der Waals surface area contributed by atoms with Gasteiger partial charge in [0.15, 0.2) is 0 Å². The highest BCUT2D eigenvalue weighted by Gasteiger charge is 2.32. The van der Waals surface area contributed by atoms with Gasteiger partial charge in [0, 0.05) is 30.8 Å². The Morgan fingerprint density at radius 1 is 1.27 bits per heavy atom. The first kappa shape index (κ1) is 17.3. The molecule has 1 saturated heterocycles. The molecule has 22 heavy (non-hydrogen) atoms. The second-order valence-electron chi connectivity index (χ2n) is 5.58. The van der Waals surface area contributed by atoms with Crippen LogP contribution in [-0.4, -0.2) is 38.0 Å². The van der Waals surface area contributed by atoms with Gasteiger partial charge in [0.05, 0.1) is 12.2 Å². The third-order valence-electron chi connectivity index (χ3n) is 3.48. The molecule has 5 nitrogen and oxygen atoms in total. The largest absolute Gasteiger partial charge is 0.373 e. The van der Waals surface area contributed by atoms with Gasteiger partial charge in [-0.3, -0.25) is 0 Å². The van der Waals surface area contributed by atoms with Crippen LogP contribution in [-0.2, 0) is 14.9 Å². The average Bonchev–Trinajstić information content (AvgIpc) is 2.36. The first-order valence-electron chi connectivity index (χ1n) is 7.07. The maximum atomic E-state index is 13.7. The van der Waals surface area contributed by atoms with E-state index in [-0.39, 0.29) is 30.9 Å². The molecule has 8 heteroatoms. The third kappa shape index (κ3) is 4.01. The maximum absolute atomic E-state index is 13.7. The Morgan fingerprint density at radius 2 is 1.86 bits per heavy atom. The number of hydrogen-bond donors (Lipinski definition) is 1. The Balaban J connectivity index is 2.14. The smallest absolute Gasteiger partial charge is 0.280 e. The van der Waals surface area contributed by atoms with E-state index in [2.05, 4.69) is 4.72 Å². The van der Waals surface area contributed by atoms with Crippen molar-refractivity contribution in [1.82, 2.24) is 9.03 Å². The summed E-state index contributed by atoms with van der Waals surface area (Å²) in [4.78, 5) is 0. The van der Waals surface area contributed by atoms with Gasteiger partial charge in [0.1, 0.15) is 11.6 Å². The number of nitrogens with zero attached hydrogens (tertiary/aromatic N) is 1. The van der Waals surface area contributed by atoms with E-state index in [0.717, 1.165) is 12.1 Å². The fraction of sp³-hybridized carbons (Fsp3) is 0.571. The molecule has 1 aromatic rings. The molecule has 1 heterocycles.